The van der Waals surface area contributed by atoms with Gasteiger partial charge in [-0.2, -0.15) is 25.9 Å². The average Bonchev–Trinajstić information content (AvgIpc) is 2.80. The minimum absolute atomic E-state index is 0.0260. The monoisotopic (exact) mass is 519 g/mol. The third-order valence-electron chi connectivity index (χ3n) is 6.38. The predicted molar refractivity (Wildman–Crippen MR) is 121 cm³/mol. The van der Waals surface area contributed by atoms with Crippen molar-refractivity contribution in [3.63, 3.8) is 0 Å². The van der Waals surface area contributed by atoms with E-state index in [0.717, 1.165) is 38.2 Å². The Morgan fingerprint density at radius 2 is 1.83 bits per heavy atom. The number of likely N-dealkylation sites (tertiary alicyclic amines) is 1. The van der Waals surface area contributed by atoms with Gasteiger partial charge in [0.25, 0.3) is 5.91 Å². The highest BCUT2D eigenvalue weighted by atomic mass is 32.2. The zero-order chi connectivity index (χ0) is 25.9. The Labute approximate surface area is 201 Å². The molecule has 0 atom stereocenters. The average molecular weight is 520 g/mol. The highest BCUT2D eigenvalue weighted by Gasteiger charge is 2.54. The molecule has 1 aliphatic heterocycles. The summed E-state index contributed by atoms with van der Waals surface area (Å²) in [4.78, 5) is 32.1. The molecule has 1 heterocycles. The highest BCUT2D eigenvalue weighted by Crippen LogP contribution is 2.44. The molecule has 1 saturated carbocycles. The molecule has 0 N–H and O–H groups in total. The smallest absolute Gasteiger partial charge is 0.449 e. The lowest BCUT2D eigenvalue weighted by Gasteiger charge is -2.44. The van der Waals surface area contributed by atoms with Crippen LogP contribution < -0.4 is 4.31 Å². The minimum Gasteiger partial charge on any atom is -0.449 e. The number of benzene rings is 1. The molecular weight excluding hydrogens is 491 g/mol. The van der Waals surface area contributed by atoms with E-state index in [-0.39, 0.29) is 24.4 Å². The Morgan fingerprint density at radius 1 is 1.17 bits per heavy atom. The third kappa shape index (κ3) is 5.24. The summed E-state index contributed by atoms with van der Waals surface area (Å²) in [6.45, 7) is 1.05. The Balaban J connectivity index is 1.99. The number of oxime groups is 1. The van der Waals surface area contributed by atoms with E-state index in [4.69, 9.17) is 4.84 Å². The van der Waals surface area contributed by atoms with Crippen LogP contribution in [0.1, 0.15) is 51.0 Å². The van der Waals surface area contributed by atoms with Crippen molar-refractivity contribution >= 4 is 33.4 Å². The lowest BCUT2D eigenvalue weighted by Crippen LogP contribution is -2.53. The van der Waals surface area contributed by atoms with Crippen molar-refractivity contribution in [3.05, 3.63) is 29.8 Å². The number of piperidine rings is 1. The van der Waals surface area contributed by atoms with Crippen LogP contribution in [0.25, 0.3) is 0 Å². The van der Waals surface area contributed by atoms with Gasteiger partial charge in [-0.1, -0.05) is 42.6 Å². The Kier molecular flexibility index (Phi) is 7.97. The maximum Gasteiger partial charge on any atom is 0.517 e. The van der Waals surface area contributed by atoms with Gasteiger partial charge in [-0.3, -0.25) is 4.79 Å². The largest absolute Gasteiger partial charge is 0.517 e. The number of anilines is 1. The topological polar surface area (TPSA) is 106 Å². The molecule has 1 spiro atoms. The zero-order valence-corrected chi connectivity index (χ0v) is 20.3. The Morgan fingerprint density at radius 3 is 2.43 bits per heavy atom. The number of rotatable bonds is 6. The molecule has 35 heavy (non-hydrogen) atoms. The molecule has 0 bridgehead atoms. The van der Waals surface area contributed by atoms with Crippen LogP contribution in [0, 0.1) is 5.41 Å². The van der Waals surface area contributed by atoms with E-state index >= 15 is 0 Å². The van der Waals surface area contributed by atoms with E-state index in [1.165, 1.54) is 37.1 Å². The number of alkyl halides is 3. The molecule has 194 valence electrons. The molecule has 0 radical (unpaired) electrons. The van der Waals surface area contributed by atoms with Gasteiger partial charge in [-0.15, -0.1) is 0 Å². The standard InChI is InChI=1S/C22H28F3N3O6S/c1-3-34-20(30)28(35(31,32)22(23,24)25)17-10-6-5-9-16(17)15-27-14-13-21(11-7-4-8-12-21)18(19(27)29)26-33-2/h5-6,9-10H,3-4,7-8,11-15H2,1-2H3/b26-18-. The van der Waals surface area contributed by atoms with Gasteiger partial charge >= 0.3 is 21.6 Å². The van der Waals surface area contributed by atoms with Crippen LogP contribution >= 0.6 is 0 Å². The molecule has 1 saturated heterocycles. The van der Waals surface area contributed by atoms with Gasteiger partial charge in [-0.05, 0) is 37.8 Å². The van der Waals surface area contributed by atoms with Crippen LogP contribution in [0.4, 0.5) is 23.7 Å². The first-order valence-electron chi connectivity index (χ1n) is 11.3. The summed E-state index contributed by atoms with van der Waals surface area (Å²) in [5.74, 6) is -0.434. The molecule has 2 aliphatic rings. The molecule has 0 unspecified atom stereocenters. The molecule has 1 aromatic rings. The fraction of sp³-hybridized carbons (Fsp3) is 0.591. The number of amides is 2. The molecule has 3 rings (SSSR count). The van der Waals surface area contributed by atoms with E-state index < -0.39 is 42.9 Å². The van der Waals surface area contributed by atoms with E-state index in [1.807, 2.05) is 0 Å². The Bertz CT molecular complexity index is 1080. The van der Waals surface area contributed by atoms with Crippen LogP contribution in [0.2, 0.25) is 0 Å². The first kappa shape index (κ1) is 26.8. The molecule has 1 aliphatic carbocycles. The summed E-state index contributed by atoms with van der Waals surface area (Å²) < 4.78 is 69.1. The van der Waals surface area contributed by atoms with Crippen molar-refractivity contribution in [2.75, 3.05) is 24.6 Å². The number of nitrogens with zero attached hydrogens (tertiary/aromatic N) is 3. The second-order valence-electron chi connectivity index (χ2n) is 8.48. The number of halogens is 3. The molecule has 0 aromatic heterocycles. The summed E-state index contributed by atoms with van der Waals surface area (Å²) in [6.07, 6.45) is 3.42. The van der Waals surface area contributed by atoms with Gasteiger partial charge in [0.05, 0.1) is 12.3 Å². The van der Waals surface area contributed by atoms with Gasteiger partial charge in [0.2, 0.25) is 0 Å². The van der Waals surface area contributed by atoms with E-state index in [2.05, 4.69) is 9.89 Å². The number of ether oxygens (including phenoxy) is 1. The third-order valence-corrected chi connectivity index (χ3v) is 7.80. The lowest BCUT2D eigenvalue weighted by atomic mass is 9.66. The van der Waals surface area contributed by atoms with Crippen molar-refractivity contribution in [2.24, 2.45) is 10.6 Å². The fourth-order valence-corrected chi connectivity index (χ4v) is 5.59. The number of carbonyl (C=O) groups excluding carboxylic acids is 2. The van der Waals surface area contributed by atoms with Gasteiger partial charge < -0.3 is 14.5 Å². The maximum absolute atomic E-state index is 13.4. The van der Waals surface area contributed by atoms with Crippen molar-refractivity contribution in [3.8, 4) is 0 Å². The Hall–Kier alpha value is -2.83. The summed E-state index contributed by atoms with van der Waals surface area (Å²) in [5.41, 5.74) is -6.43. The molecular formula is C22H28F3N3O6S. The number of carbonyl (C=O) groups is 2. The minimum atomic E-state index is -6.12. The second-order valence-corrected chi connectivity index (χ2v) is 10.3. The van der Waals surface area contributed by atoms with E-state index in [1.54, 1.807) is 0 Å². The molecule has 13 heteroatoms. The van der Waals surface area contributed by atoms with E-state index in [0.29, 0.717) is 13.0 Å². The van der Waals surface area contributed by atoms with Gasteiger partial charge in [0.1, 0.15) is 7.11 Å². The van der Waals surface area contributed by atoms with E-state index in [9.17, 15) is 31.2 Å². The van der Waals surface area contributed by atoms with Crippen LogP contribution in [-0.2, 0) is 30.9 Å². The fourth-order valence-electron chi connectivity index (χ4n) is 4.70. The van der Waals surface area contributed by atoms with Crippen LogP contribution in [0.3, 0.4) is 0 Å². The number of para-hydroxylation sites is 1. The number of sulfonamides is 1. The SMILES string of the molecule is CCOC(=O)N(c1ccccc1CN1CCC2(CCCCC2)/C(=N\OC)C1=O)S(=O)(=O)C(F)(F)F. The van der Waals surface area contributed by atoms with Gasteiger partial charge in [0, 0.05) is 18.5 Å². The summed E-state index contributed by atoms with van der Waals surface area (Å²) in [6, 6.07) is 5.20. The lowest BCUT2D eigenvalue weighted by molar-refractivity contribution is -0.127. The normalized spacial score (nSPS) is 19.6. The van der Waals surface area contributed by atoms with Gasteiger partial charge in [-0.25, -0.2) is 4.79 Å². The van der Waals surface area contributed by atoms with Crippen LogP contribution in [-0.4, -0.2) is 56.8 Å². The van der Waals surface area contributed by atoms with Crippen molar-refractivity contribution in [2.45, 2.75) is 57.5 Å². The molecule has 9 nitrogen and oxygen atoms in total. The maximum atomic E-state index is 13.4. The second kappa shape index (κ2) is 10.4. The van der Waals surface area contributed by atoms with Crippen molar-refractivity contribution in [1.29, 1.82) is 0 Å². The molecule has 1 aromatic carbocycles. The summed E-state index contributed by atoms with van der Waals surface area (Å²) in [5, 5.41) is 4.01. The van der Waals surface area contributed by atoms with Crippen LogP contribution in [0.15, 0.2) is 29.4 Å². The first-order chi connectivity index (χ1) is 16.5. The first-order valence-corrected chi connectivity index (χ1v) is 12.7. The zero-order valence-electron chi connectivity index (χ0n) is 19.5. The highest BCUT2D eigenvalue weighted by molar-refractivity contribution is 7.94. The quantitative estimate of drug-likeness (QED) is 0.522. The van der Waals surface area contributed by atoms with Crippen LogP contribution in [0.5, 0.6) is 0 Å². The number of hydrogen-bond acceptors (Lipinski definition) is 7. The summed E-state index contributed by atoms with van der Waals surface area (Å²) >= 11 is 0. The predicted octanol–water partition coefficient (Wildman–Crippen LogP) is 4.18. The molecule has 2 amide bonds. The summed E-state index contributed by atoms with van der Waals surface area (Å²) in [7, 11) is -4.78. The van der Waals surface area contributed by atoms with Crippen molar-refractivity contribution in [1.82, 2.24) is 4.90 Å². The number of hydrogen-bond donors (Lipinski definition) is 0. The molecule has 2 fully saturated rings. The van der Waals surface area contributed by atoms with Gasteiger partial charge in [0.15, 0.2) is 5.71 Å². The van der Waals surface area contributed by atoms with Crippen molar-refractivity contribution < 1.29 is 40.8 Å².